The number of piperidine rings is 1. The van der Waals surface area contributed by atoms with Crippen molar-refractivity contribution < 1.29 is 9.18 Å². The molecule has 3 heterocycles. The van der Waals surface area contributed by atoms with Crippen molar-refractivity contribution in [2.24, 2.45) is 5.92 Å². The van der Waals surface area contributed by atoms with Gasteiger partial charge in [0.15, 0.2) is 16.8 Å². The minimum atomic E-state index is -0.500. The number of rotatable bonds is 4. The van der Waals surface area contributed by atoms with Gasteiger partial charge < -0.3 is 10.2 Å². The fourth-order valence-corrected chi connectivity index (χ4v) is 4.06. The normalized spacial score (nSPS) is 22.0. The zero-order chi connectivity index (χ0) is 20.8. The number of benzene rings is 1. The molecule has 3 atom stereocenters. The summed E-state index contributed by atoms with van der Waals surface area (Å²) in [6.45, 7) is 1.91. The number of amides is 1. The van der Waals surface area contributed by atoms with E-state index in [1.807, 2.05) is 24.0 Å². The molecule has 152 valence electrons. The summed E-state index contributed by atoms with van der Waals surface area (Å²) < 4.78 is 13.2. The minimum Gasteiger partial charge on any atom is -0.324 e. The van der Waals surface area contributed by atoms with Crippen LogP contribution >= 0.6 is 11.6 Å². The molecule has 1 N–H and O–H groups in total. The number of hydrogen-bond donors (Lipinski definition) is 1. The van der Waals surface area contributed by atoms with Crippen LogP contribution in [0.5, 0.6) is 0 Å². The summed E-state index contributed by atoms with van der Waals surface area (Å²) in [6, 6.07) is 5.35. The van der Waals surface area contributed by atoms with Crippen molar-refractivity contribution in [1.82, 2.24) is 25.1 Å². The second-order valence-corrected chi connectivity index (χ2v) is 7.93. The van der Waals surface area contributed by atoms with E-state index >= 15 is 0 Å². The summed E-state index contributed by atoms with van der Waals surface area (Å²) in [5.41, 5.74) is 2.26. The van der Waals surface area contributed by atoms with Gasteiger partial charge in [-0.3, -0.25) is 4.79 Å². The van der Waals surface area contributed by atoms with Crippen LogP contribution < -0.4 is 10.2 Å². The standard InChI is InChI=1S/C20H17ClFN7O/c1-10-2-3-13(6-14(10)18-23-7-12(22)8-24-18)26-19(30)16-5-11-4-15(11)29(16)20-25-9-17(21)27-28-20/h2-3,6-9,11,15-16H,4-5H2,1H3,(H,26,30)/t11-,15-,16+/m0/s1. The van der Waals surface area contributed by atoms with E-state index in [2.05, 4.69) is 30.5 Å². The lowest BCUT2D eigenvalue weighted by Crippen LogP contribution is -2.43. The Bertz CT molecular complexity index is 1110. The van der Waals surface area contributed by atoms with Crippen LogP contribution in [-0.4, -0.2) is 43.1 Å². The van der Waals surface area contributed by atoms with Crippen LogP contribution in [-0.2, 0) is 4.79 Å². The summed E-state index contributed by atoms with van der Waals surface area (Å²) in [5, 5.41) is 11.1. The molecule has 0 radical (unpaired) electrons. The molecule has 2 aliphatic rings. The van der Waals surface area contributed by atoms with Gasteiger partial charge in [-0.15, -0.1) is 10.2 Å². The van der Waals surface area contributed by atoms with Crippen LogP contribution in [0.2, 0.25) is 5.15 Å². The first-order valence-corrected chi connectivity index (χ1v) is 9.90. The Hall–Kier alpha value is -3.20. The molecule has 0 spiro atoms. The third-order valence-corrected chi connectivity index (χ3v) is 5.70. The minimum absolute atomic E-state index is 0.143. The third kappa shape index (κ3) is 3.45. The van der Waals surface area contributed by atoms with E-state index in [0.717, 1.165) is 36.4 Å². The molecule has 1 aliphatic heterocycles. The highest BCUT2D eigenvalue weighted by Crippen LogP contribution is 2.49. The van der Waals surface area contributed by atoms with Gasteiger partial charge in [-0.05, 0) is 43.4 Å². The first-order valence-electron chi connectivity index (χ1n) is 9.52. The Morgan fingerprint density at radius 1 is 1.17 bits per heavy atom. The Balaban J connectivity index is 1.38. The molecular formula is C20H17ClFN7O. The van der Waals surface area contributed by atoms with Crippen molar-refractivity contribution in [3.05, 3.63) is 53.3 Å². The molecule has 1 aromatic carbocycles. The Morgan fingerprint density at radius 3 is 2.70 bits per heavy atom. The molecule has 1 aliphatic carbocycles. The number of nitrogens with one attached hydrogen (secondary N) is 1. The smallest absolute Gasteiger partial charge is 0.247 e. The molecule has 0 bridgehead atoms. The number of carbonyl (C=O) groups excluding carboxylic acids is 1. The SMILES string of the molecule is Cc1ccc(NC(=O)[C@H]2C[C@@H]3C[C@@H]3N2c2ncc(Cl)nn2)cc1-c1ncc(F)cn1. The number of fused-ring (bicyclic) bond motifs is 1. The van der Waals surface area contributed by atoms with Gasteiger partial charge in [0.05, 0.1) is 18.6 Å². The summed E-state index contributed by atoms with van der Waals surface area (Å²) in [4.78, 5) is 27.3. The summed E-state index contributed by atoms with van der Waals surface area (Å²) in [5.74, 6) is 0.625. The number of hydrogen-bond acceptors (Lipinski definition) is 7. The van der Waals surface area contributed by atoms with Gasteiger partial charge in [0.2, 0.25) is 11.9 Å². The maximum atomic E-state index is 13.2. The fourth-order valence-electron chi connectivity index (χ4n) is 3.97. The molecule has 3 aromatic rings. The van der Waals surface area contributed by atoms with Gasteiger partial charge in [0.25, 0.3) is 0 Å². The lowest BCUT2D eigenvalue weighted by molar-refractivity contribution is -0.117. The quantitative estimate of drug-likeness (QED) is 0.686. The van der Waals surface area contributed by atoms with Crippen LogP contribution in [0.15, 0.2) is 36.8 Å². The van der Waals surface area contributed by atoms with E-state index < -0.39 is 5.82 Å². The first-order chi connectivity index (χ1) is 14.5. The largest absolute Gasteiger partial charge is 0.324 e. The van der Waals surface area contributed by atoms with E-state index in [1.54, 1.807) is 6.07 Å². The highest BCUT2D eigenvalue weighted by molar-refractivity contribution is 6.29. The van der Waals surface area contributed by atoms with Crippen molar-refractivity contribution in [2.45, 2.75) is 31.8 Å². The zero-order valence-corrected chi connectivity index (χ0v) is 16.7. The monoisotopic (exact) mass is 425 g/mol. The zero-order valence-electron chi connectivity index (χ0n) is 16.0. The predicted octanol–water partition coefficient (Wildman–Crippen LogP) is 3.04. The molecule has 0 unspecified atom stereocenters. The topological polar surface area (TPSA) is 96.8 Å². The van der Waals surface area contributed by atoms with E-state index in [1.165, 1.54) is 6.20 Å². The number of anilines is 2. The van der Waals surface area contributed by atoms with E-state index in [4.69, 9.17) is 11.6 Å². The number of halogens is 2. The molecule has 2 fully saturated rings. The molecule has 2 aromatic heterocycles. The molecule has 5 rings (SSSR count). The second-order valence-electron chi connectivity index (χ2n) is 7.55. The van der Waals surface area contributed by atoms with Crippen LogP contribution in [0.25, 0.3) is 11.4 Å². The van der Waals surface area contributed by atoms with Gasteiger partial charge in [0, 0.05) is 17.3 Å². The number of aryl methyl sites for hydroxylation is 1. The van der Waals surface area contributed by atoms with Gasteiger partial charge >= 0.3 is 0 Å². The fraction of sp³-hybridized carbons (Fsp3) is 0.300. The average Bonchev–Trinajstić information content (AvgIpc) is 3.41. The lowest BCUT2D eigenvalue weighted by atomic mass is 10.1. The first kappa shape index (κ1) is 18.8. The third-order valence-electron chi connectivity index (χ3n) is 5.53. The maximum absolute atomic E-state index is 13.2. The summed E-state index contributed by atoms with van der Waals surface area (Å²) >= 11 is 5.79. The van der Waals surface area contributed by atoms with Crippen molar-refractivity contribution in [3.8, 4) is 11.4 Å². The molecule has 1 amide bonds. The summed E-state index contributed by atoms with van der Waals surface area (Å²) in [7, 11) is 0. The molecular weight excluding hydrogens is 409 g/mol. The van der Waals surface area contributed by atoms with Crippen molar-refractivity contribution in [3.63, 3.8) is 0 Å². The van der Waals surface area contributed by atoms with Crippen LogP contribution in [0.3, 0.4) is 0 Å². The Morgan fingerprint density at radius 2 is 1.97 bits per heavy atom. The van der Waals surface area contributed by atoms with Crippen LogP contribution in [0.1, 0.15) is 18.4 Å². The molecule has 1 saturated carbocycles. The highest BCUT2D eigenvalue weighted by Gasteiger charge is 2.55. The Kier molecular flexibility index (Phi) is 4.54. The van der Waals surface area contributed by atoms with Gasteiger partial charge in [-0.1, -0.05) is 17.7 Å². The van der Waals surface area contributed by atoms with E-state index in [0.29, 0.717) is 23.4 Å². The lowest BCUT2D eigenvalue weighted by Gasteiger charge is -2.26. The van der Waals surface area contributed by atoms with Crippen LogP contribution in [0, 0.1) is 18.7 Å². The van der Waals surface area contributed by atoms with Gasteiger partial charge in [-0.25, -0.2) is 19.3 Å². The highest BCUT2D eigenvalue weighted by atomic mass is 35.5. The number of carbonyl (C=O) groups is 1. The van der Waals surface area contributed by atoms with E-state index in [9.17, 15) is 9.18 Å². The van der Waals surface area contributed by atoms with Crippen molar-refractivity contribution in [2.75, 3.05) is 10.2 Å². The van der Waals surface area contributed by atoms with Gasteiger partial charge in [0.1, 0.15) is 6.04 Å². The molecule has 8 nitrogen and oxygen atoms in total. The van der Waals surface area contributed by atoms with Crippen molar-refractivity contribution in [1.29, 1.82) is 0 Å². The molecule has 1 saturated heterocycles. The number of nitrogens with zero attached hydrogens (tertiary/aromatic N) is 6. The predicted molar refractivity (Wildman–Crippen MR) is 108 cm³/mol. The van der Waals surface area contributed by atoms with E-state index in [-0.39, 0.29) is 23.1 Å². The molecule has 30 heavy (non-hydrogen) atoms. The average molecular weight is 426 g/mol. The second kappa shape index (κ2) is 7.24. The van der Waals surface area contributed by atoms with Crippen molar-refractivity contribution >= 4 is 29.1 Å². The molecule has 10 heteroatoms. The van der Waals surface area contributed by atoms with Gasteiger partial charge in [-0.2, -0.15) is 0 Å². The number of aromatic nitrogens is 5. The van der Waals surface area contributed by atoms with Crippen LogP contribution in [0.4, 0.5) is 16.0 Å². The Labute approximate surface area is 176 Å². The summed E-state index contributed by atoms with van der Waals surface area (Å²) in [6.07, 6.45) is 5.43. The maximum Gasteiger partial charge on any atom is 0.247 e.